The fraction of sp³-hybridized carbons (Fsp3) is 0.333. The summed E-state index contributed by atoms with van der Waals surface area (Å²) in [4.78, 5) is 11.0. The van der Waals surface area contributed by atoms with E-state index in [9.17, 15) is 0 Å². The van der Waals surface area contributed by atoms with E-state index < -0.39 is 5.66 Å². The molecule has 1 aliphatic heterocycles. The molecule has 4 rings (SSSR count). The maximum atomic E-state index is 6.35. The van der Waals surface area contributed by atoms with Crippen LogP contribution in [0.1, 0.15) is 32.1 Å². The Morgan fingerprint density at radius 3 is 2.44 bits per heavy atom. The molecule has 2 aromatic carbocycles. The molecule has 27 heavy (non-hydrogen) atoms. The van der Waals surface area contributed by atoms with E-state index in [1.54, 1.807) is 7.11 Å². The molecule has 2 aromatic rings. The molecule has 6 nitrogen and oxygen atoms in total. The van der Waals surface area contributed by atoms with Crippen molar-refractivity contribution in [2.75, 3.05) is 12.0 Å². The smallest absolute Gasteiger partial charge is 0.220 e. The van der Waals surface area contributed by atoms with Crippen LogP contribution in [0.5, 0.6) is 5.75 Å². The van der Waals surface area contributed by atoms with Crippen LogP contribution in [0.4, 0.5) is 5.69 Å². The zero-order valence-corrected chi connectivity index (χ0v) is 15.6. The van der Waals surface area contributed by atoms with Crippen molar-refractivity contribution in [1.29, 1.82) is 0 Å². The summed E-state index contributed by atoms with van der Waals surface area (Å²) < 4.78 is 5.60. The highest BCUT2D eigenvalue weighted by molar-refractivity contribution is 6.06. The van der Waals surface area contributed by atoms with Gasteiger partial charge >= 0.3 is 0 Å². The standard InChI is InChI=1S/C21H25N5O/c1-27-18-11-10-16(14-17(18)15-8-4-2-5-9-15)26-20(23)24-19(22)25-21(26)12-6-3-7-13-21/h2,4-5,8-11,14H,3,6-7,12-13H2,1H3,(H4,22,23,24,25). The van der Waals surface area contributed by atoms with Gasteiger partial charge in [0.05, 0.1) is 7.11 Å². The maximum Gasteiger partial charge on any atom is 0.220 e. The van der Waals surface area contributed by atoms with Crippen LogP contribution in [0.15, 0.2) is 58.5 Å². The Labute approximate surface area is 159 Å². The van der Waals surface area contributed by atoms with Crippen LogP contribution in [0, 0.1) is 0 Å². The van der Waals surface area contributed by atoms with E-state index in [0.29, 0.717) is 5.96 Å². The van der Waals surface area contributed by atoms with Gasteiger partial charge in [-0.1, -0.05) is 36.8 Å². The molecule has 0 amide bonds. The molecule has 0 aromatic heterocycles. The predicted molar refractivity (Wildman–Crippen MR) is 110 cm³/mol. The summed E-state index contributed by atoms with van der Waals surface area (Å²) >= 11 is 0. The molecule has 1 aliphatic carbocycles. The molecule has 0 saturated heterocycles. The van der Waals surface area contributed by atoms with Gasteiger partial charge in [-0.25, -0.2) is 4.99 Å². The van der Waals surface area contributed by atoms with Crippen LogP contribution in [0.3, 0.4) is 0 Å². The van der Waals surface area contributed by atoms with Gasteiger partial charge in [-0.05, 0) is 49.4 Å². The molecule has 2 aliphatic rings. The van der Waals surface area contributed by atoms with Crippen molar-refractivity contribution < 1.29 is 4.74 Å². The number of anilines is 1. The Balaban J connectivity index is 1.83. The van der Waals surface area contributed by atoms with E-state index in [1.807, 2.05) is 30.3 Å². The van der Waals surface area contributed by atoms with Crippen molar-refractivity contribution >= 4 is 17.6 Å². The Kier molecular flexibility index (Phi) is 4.48. The molecule has 6 heteroatoms. The zero-order chi connectivity index (χ0) is 18.9. The number of nitrogens with two attached hydrogens (primary N) is 2. The molecule has 0 unspecified atom stereocenters. The third-order valence-electron chi connectivity index (χ3n) is 5.38. The van der Waals surface area contributed by atoms with Crippen molar-refractivity contribution in [3.8, 4) is 16.9 Å². The number of nitrogens with zero attached hydrogens (tertiary/aromatic N) is 3. The van der Waals surface area contributed by atoms with Crippen LogP contribution < -0.4 is 21.1 Å². The molecule has 1 fully saturated rings. The number of rotatable bonds is 3. The van der Waals surface area contributed by atoms with Gasteiger partial charge in [0.1, 0.15) is 11.4 Å². The summed E-state index contributed by atoms with van der Waals surface area (Å²) in [5, 5.41) is 0. The molecule has 1 saturated carbocycles. The molecular weight excluding hydrogens is 338 g/mol. The van der Waals surface area contributed by atoms with Gasteiger partial charge in [-0.2, -0.15) is 4.99 Å². The summed E-state index contributed by atoms with van der Waals surface area (Å²) in [6, 6.07) is 16.3. The van der Waals surface area contributed by atoms with Crippen LogP contribution in [0.25, 0.3) is 11.1 Å². The van der Waals surface area contributed by atoms with Crippen LogP contribution in [-0.2, 0) is 0 Å². The summed E-state index contributed by atoms with van der Waals surface area (Å²) in [5.41, 5.74) is 14.9. The van der Waals surface area contributed by atoms with Gasteiger partial charge < -0.3 is 16.2 Å². The van der Waals surface area contributed by atoms with Gasteiger partial charge in [0, 0.05) is 11.3 Å². The van der Waals surface area contributed by atoms with E-state index in [2.05, 4.69) is 28.1 Å². The average molecular weight is 363 g/mol. The van der Waals surface area contributed by atoms with Gasteiger partial charge in [0.15, 0.2) is 0 Å². The largest absolute Gasteiger partial charge is 0.496 e. The van der Waals surface area contributed by atoms with Crippen LogP contribution in [-0.4, -0.2) is 24.7 Å². The third-order valence-corrected chi connectivity index (χ3v) is 5.38. The highest BCUT2D eigenvalue weighted by atomic mass is 16.5. The molecular formula is C21H25N5O. The highest BCUT2D eigenvalue weighted by Crippen LogP contribution is 2.42. The van der Waals surface area contributed by atoms with Gasteiger partial charge in [-0.3, -0.25) is 4.90 Å². The first-order valence-corrected chi connectivity index (χ1v) is 9.36. The monoisotopic (exact) mass is 363 g/mol. The molecule has 4 N–H and O–H groups in total. The number of hydrogen-bond acceptors (Lipinski definition) is 6. The lowest BCUT2D eigenvalue weighted by Crippen LogP contribution is -2.58. The minimum Gasteiger partial charge on any atom is -0.496 e. The lowest BCUT2D eigenvalue weighted by atomic mass is 9.87. The van der Waals surface area contributed by atoms with E-state index in [4.69, 9.17) is 21.2 Å². The summed E-state index contributed by atoms with van der Waals surface area (Å²) in [5.74, 6) is 1.48. The molecule has 0 atom stereocenters. The molecule has 140 valence electrons. The first-order valence-electron chi connectivity index (χ1n) is 9.36. The minimum absolute atomic E-state index is 0.266. The second-order valence-corrected chi connectivity index (χ2v) is 7.07. The van der Waals surface area contributed by atoms with Crippen molar-refractivity contribution in [1.82, 2.24) is 0 Å². The number of ether oxygens (including phenoxy) is 1. The second-order valence-electron chi connectivity index (χ2n) is 7.07. The highest BCUT2D eigenvalue weighted by Gasteiger charge is 2.42. The SMILES string of the molecule is COc1ccc(N2C(N)=NC(N)=NC23CCCCC3)cc1-c1ccccc1. The number of guanidine groups is 2. The number of hydrogen-bond donors (Lipinski definition) is 2. The van der Waals surface area contributed by atoms with E-state index >= 15 is 0 Å². The first-order chi connectivity index (χ1) is 13.1. The van der Waals surface area contributed by atoms with Gasteiger partial charge in [-0.15, -0.1) is 0 Å². The van der Waals surface area contributed by atoms with Crippen molar-refractivity contribution in [2.24, 2.45) is 21.5 Å². The fourth-order valence-corrected chi connectivity index (χ4v) is 4.17. The second kappa shape index (κ2) is 6.95. The van der Waals surface area contributed by atoms with Gasteiger partial charge in [0.25, 0.3) is 0 Å². The fourth-order valence-electron chi connectivity index (χ4n) is 4.17. The van der Waals surface area contributed by atoms with E-state index in [-0.39, 0.29) is 5.96 Å². The summed E-state index contributed by atoms with van der Waals surface area (Å²) in [6.07, 6.45) is 5.23. The normalized spacial score (nSPS) is 18.8. The Morgan fingerprint density at radius 1 is 1.00 bits per heavy atom. The summed E-state index contributed by atoms with van der Waals surface area (Å²) in [7, 11) is 1.69. The van der Waals surface area contributed by atoms with Crippen LogP contribution >= 0.6 is 0 Å². The minimum atomic E-state index is -0.448. The number of aliphatic imine (C=N–C) groups is 2. The third kappa shape index (κ3) is 3.12. The summed E-state index contributed by atoms with van der Waals surface area (Å²) in [6.45, 7) is 0. The van der Waals surface area contributed by atoms with Crippen molar-refractivity contribution in [2.45, 2.75) is 37.8 Å². The van der Waals surface area contributed by atoms with Crippen molar-refractivity contribution in [3.63, 3.8) is 0 Å². The van der Waals surface area contributed by atoms with E-state index in [0.717, 1.165) is 48.2 Å². The molecule has 1 spiro atoms. The van der Waals surface area contributed by atoms with Gasteiger partial charge in [0.2, 0.25) is 11.9 Å². The van der Waals surface area contributed by atoms with Crippen LogP contribution in [0.2, 0.25) is 0 Å². The van der Waals surface area contributed by atoms with E-state index in [1.165, 1.54) is 6.42 Å². The topological polar surface area (TPSA) is 89.2 Å². The zero-order valence-electron chi connectivity index (χ0n) is 15.6. The Hall–Kier alpha value is -3.02. The quantitative estimate of drug-likeness (QED) is 0.874. The molecule has 0 radical (unpaired) electrons. The lowest BCUT2D eigenvalue weighted by molar-refractivity contribution is 0.305. The average Bonchev–Trinajstić information content (AvgIpc) is 2.68. The Bertz CT molecular complexity index is 885. The predicted octanol–water partition coefficient (Wildman–Crippen LogP) is 3.47. The first kappa shape index (κ1) is 17.4. The molecule has 1 heterocycles. The maximum absolute atomic E-state index is 6.35. The Morgan fingerprint density at radius 2 is 1.74 bits per heavy atom. The number of benzene rings is 2. The van der Waals surface area contributed by atoms with Crippen molar-refractivity contribution in [3.05, 3.63) is 48.5 Å². The number of methoxy groups -OCH3 is 1. The molecule has 0 bridgehead atoms. The lowest BCUT2D eigenvalue weighted by Gasteiger charge is -2.45.